The summed E-state index contributed by atoms with van der Waals surface area (Å²) in [6.45, 7) is 6.04. The lowest BCUT2D eigenvalue weighted by molar-refractivity contribution is -0.384. The number of nitrogens with zero attached hydrogens (tertiary/aromatic N) is 1. The molecule has 0 aliphatic heterocycles. The summed E-state index contributed by atoms with van der Waals surface area (Å²) in [4.78, 5) is 33.8. The molecule has 1 saturated carbocycles. The van der Waals surface area contributed by atoms with Gasteiger partial charge in [-0.05, 0) is 24.5 Å². The second-order valence-electron chi connectivity index (χ2n) is 6.06. The van der Waals surface area contributed by atoms with Crippen LogP contribution in [0.3, 0.4) is 0 Å². The van der Waals surface area contributed by atoms with Crippen LogP contribution in [0.2, 0.25) is 0 Å². The minimum Gasteiger partial charge on any atom is -0.466 e. The highest BCUT2D eigenvalue weighted by Gasteiger charge is 2.63. The first-order chi connectivity index (χ1) is 10.8. The van der Waals surface area contributed by atoms with Crippen molar-refractivity contribution in [2.45, 2.75) is 20.8 Å². The summed E-state index contributed by atoms with van der Waals surface area (Å²) in [6, 6.07) is 5.20. The molecule has 1 aliphatic rings. The van der Waals surface area contributed by atoms with Gasteiger partial charge in [-0.2, -0.15) is 0 Å². The summed E-state index contributed by atoms with van der Waals surface area (Å²) < 4.78 is 10.2. The van der Waals surface area contributed by atoms with E-state index in [2.05, 4.69) is 0 Å². The fourth-order valence-corrected chi connectivity index (χ4v) is 2.72. The normalized spacial score (nSPS) is 21.3. The fourth-order valence-electron chi connectivity index (χ4n) is 2.72. The molecule has 7 nitrogen and oxygen atoms in total. The Morgan fingerprint density at radius 2 is 1.83 bits per heavy atom. The summed E-state index contributed by atoms with van der Waals surface area (Å²) in [6.07, 6.45) is 0. The minimum atomic E-state index is -0.565. The zero-order valence-corrected chi connectivity index (χ0v) is 13.3. The van der Waals surface area contributed by atoms with Gasteiger partial charge in [0.2, 0.25) is 0 Å². The maximum atomic E-state index is 12.0. The van der Waals surface area contributed by atoms with Crippen molar-refractivity contribution in [2.75, 3.05) is 13.2 Å². The quantitative estimate of drug-likeness (QED) is 0.454. The number of hydrogen-bond acceptors (Lipinski definition) is 6. The number of nitro groups is 1. The standard InChI is InChI=1S/C16H19NO6/c1-4-22-15(19)13-12(16(13,2)3)9-23-14(18)10-5-7-11(8-6-10)17(20)21/h5-8,12-13H,4,9H2,1-3H3. The minimum absolute atomic E-state index is 0.0800. The molecule has 2 atom stereocenters. The molecule has 1 aliphatic carbocycles. The summed E-state index contributed by atoms with van der Waals surface area (Å²) in [5.41, 5.74) is -0.115. The Balaban J connectivity index is 1.92. The predicted molar refractivity (Wildman–Crippen MR) is 80.8 cm³/mol. The van der Waals surface area contributed by atoms with Crippen LogP contribution in [0.4, 0.5) is 5.69 Å². The molecule has 2 unspecified atom stereocenters. The monoisotopic (exact) mass is 321 g/mol. The van der Waals surface area contributed by atoms with E-state index in [-0.39, 0.29) is 41.1 Å². The second-order valence-corrected chi connectivity index (χ2v) is 6.06. The van der Waals surface area contributed by atoms with Gasteiger partial charge in [-0.25, -0.2) is 4.79 Å². The van der Waals surface area contributed by atoms with Crippen LogP contribution in [0.25, 0.3) is 0 Å². The molecule has 0 heterocycles. The zero-order valence-electron chi connectivity index (χ0n) is 13.3. The fraction of sp³-hybridized carbons (Fsp3) is 0.500. The molecular weight excluding hydrogens is 302 g/mol. The van der Waals surface area contributed by atoms with Crippen LogP contribution < -0.4 is 0 Å². The van der Waals surface area contributed by atoms with Crippen molar-refractivity contribution in [1.82, 2.24) is 0 Å². The first kappa shape index (κ1) is 16.9. The Bertz CT molecular complexity index is 622. The van der Waals surface area contributed by atoms with Crippen molar-refractivity contribution in [2.24, 2.45) is 17.3 Å². The highest BCUT2D eigenvalue weighted by Crippen LogP contribution is 2.58. The molecule has 124 valence electrons. The molecule has 2 rings (SSSR count). The number of rotatable bonds is 6. The van der Waals surface area contributed by atoms with Crippen LogP contribution in [0.5, 0.6) is 0 Å². The van der Waals surface area contributed by atoms with Crippen molar-refractivity contribution in [3.8, 4) is 0 Å². The lowest BCUT2D eigenvalue weighted by atomic mass is 10.1. The summed E-state index contributed by atoms with van der Waals surface area (Å²) in [7, 11) is 0. The van der Waals surface area contributed by atoms with Crippen molar-refractivity contribution < 1.29 is 24.0 Å². The molecule has 23 heavy (non-hydrogen) atoms. The van der Waals surface area contributed by atoms with E-state index in [1.54, 1.807) is 6.92 Å². The first-order valence-corrected chi connectivity index (χ1v) is 7.37. The smallest absolute Gasteiger partial charge is 0.338 e. The number of carbonyl (C=O) groups is 2. The summed E-state index contributed by atoms with van der Waals surface area (Å²) in [5, 5.41) is 10.6. The topological polar surface area (TPSA) is 95.7 Å². The number of hydrogen-bond donors (Lipinski definition) is 0. The molecule has 0 amide bonds. The van der Waals surface area contributed by atoms with Gasteiger partial charge in [0.15, 0.2) is 0 Å². The Hall–Kier alpha value is -2.44. The van der Waals surface area contributed by atoms with Gasteiger partial charge in [0.05, 0.1) is 29.6 Å². The average molecular weight is 321 g/mol. The predicted octanol–water partition coefficient (Wildman–Crippen LogP) is 2.59. The average Bonchev–Trinajstić information content (AvgIpc) is 3.06. The third-order valence-electron chi connectivity index (χ3n) is 4.30. The van der Waals surface area contributed by atoms with E-state index in [1.165, 1.54) is 24.3 Å². The molecule has 7 heteroatoms. The highest BCUT2D eigenvalue weighted by molar-refractivity contribution is 5.89. The lowest BCUT2D eigenvalue weighted by Crippen LogP contribution is -2.12. The molecule has 1 aromatic carbocycles. The molecule has 0 saturated heterocycles. The molecular formula is C16H19NO6. The van der Waals surface area contributed by atoms with Crippen molar-refractivity contribution in [3.05, 3.63) is 39.9 Å². The molecule has 0 N–H and O–H groups in total. The molecule has 0 radical (unpaired) electrons. The SMILES string of the molecule is CCOC(=O)C1C(COC(=O)c2ccc([N+](=O)[O-])cc2)C1(C)C. The van der Waals surface area contributed by atoms with Crippen LogP contribution >= 0.6 is 0 Å². The van der Waals surface area contributed by atoms with Gasteiger partial charge >= 0.3 is 11.9 Å². The molecule has 1 aromatic rings. The van der Waals surface area contributed by atoms with Crippen molar-refractivity contribution in [1.29, 1.82) is 0 Å². The number of ether oxygens (including phenoxy) is 2. The van der Waals surface area contributed by atoms with E-state index in [9.17, 15) is 19.7 Å². The van der Waals surface area contributed by atoms with Gasteiger partial charge in [-0.3, -0.25) is 14.9 Å². The van der Waals surface area contributed by atoms with Crippen LogP contribution in [-0.2, 0) is 14.3 Å². The third kappa shape index (κ3) is 3.49. The Kier molecular flexibility index (Phi) is 4.68. The lowest BCUT2D eigenvalue weighted by Gasteiger charge is -2.05. The Morgan fingerprint density at radius 3 is 2.35 bits per heavy atom. The van der Waals surface area contributed by atoms with E-state index in [0.29, 0.717) is 6.61 Å². The zero-order chi connectivity index (χ0) is 17.2. The molecule has 0 aromatic heterocycles. The Labute approximate surface area is 133 Å². The molecule has 0 spiro atoms. The molecule has 1 fully saturated rings. The highest BCUT2D eigenvalue weighted by atomic mass is 16.6. The van der Waals surface area contributed by atoms with Crippen molar-refractivity contribution >= 4 is 17.6 Å². The van der Waals surface area contributed by atoms with Crippen LogP contribution in [-0.4, -0.2) is 30.1 Å². The van der Waals surface area contributed by atoms with E-state index in [1.807, 2.05) is 13.8 Å². The van der Waals surface area contributed by atoms with Gasteiger partial charge in [0, 0.05) is 18.1 Å². The van der Waals surface area contributed by atoms with Gasteiger partial charge in [0.25, 0.3) is 5.69 Å². The summed E-state index contributed by atoms with van der Waals surface area (Å²) in [5.74, 6) is -1.19. The summed E-state index contributed by atoms with van der Waals surface area (Å²) >= 11 is 0. The van der Waals surface area contributed by atoms with Crippen molar-refractivity contribution in [3.63, 3.8) is 0 Å². The first-order valence-electron chi connectivity index (χ1n) is 7.37. The Morgan fingerprint density at radius 1 is 1.22 bits per heavy atom. The van der Waals surface area contributed by atoms with Gasteiger partial charge in [0.1, 0.15) is 0 Å². The number of esters is 2. The van der Waals surface area contributed by atoms with Crippen LogP contribution in [0, 0.1) is 27.4 Å². The molecule has 0 bridgehead atoms. The van der Waals surface area contributed by atoms with Crippen LogP contribution in [0.15, 0.2) is 24.3 Å². The number of nitro benzene ring substituents is 1. The number of carbonyl (C=O) groups excluding carboxylic acids is 2. The maximum Gasteiger partial charge on any atom is 0.338 e. The third-order valence-corrected chi connectivity index (χ3v) is 4.30. The number of non-ortho nitro benzene ring substituents is 1. The maximum absolute atomic E-state index is 12.0. The van der Waals surface area contributed by atoms with E-state index in [0.717, 1.165) is 0 Å². The second kappa shape index (κ2) is 6.36. The van der Waals surface area contributed by atoms with Gasteiger partial charge < -0.3 is 9.47 Å². The van der Waals surface area contributed by atoms with E-state index in [4.69, 9.17) is 9.47 Å². The van der Waals surface area contributed by atoms with Crippen LogP contribution in [0.1, 0.15) is 31.1 Å². The van der Waals surface area contributed by atoms with Gasteiger partial charge in [-0.1, -0.05) is 13.8 Å². The van der Waals surface area contributed by atoms with E-state index < -0.39 is 10.9 Å². The largest absolute Gasteiger partial charge is 0.466 e. The number of benzene rings is 1. The van der Waals surface area contributed by atoms with E-state index >= 15 is 0 Å². The van der Waals surface area contributed by atoms with Gasteiger partial charge in [-0.15, -0.1) is 0 Å².